The van der Waals surface area contributed by atoms with Crippen molar-refractivity contribution in [2.24, 2.45) is 0 Å². The Morgan fingerprint density at radius 1 is 1.53 bits per heavy atom. The maximum absolute atomic E-state index is 12.2. The highest BCUT2D eigenvalue weighted by Gasteiger charge is 2.46. The van der Waals surface area contributed by atoms with Gasteiger partial charge in [-0.1, -0.05) is 0 Å². The Morgan fingerprint density at radius 3 is 2.79 bits per heavy atom. The minimum Gasteiger partial charge on any atom is -0.507 e. The monoisotopic (exact) mass is 273 g/mol. The van der Waals surface area contributed by atoms with Crippen molar-refractivity contribution in [2.75, 3.05) is 5.73 Å². The number of nitrogens with zero attached hydrogens (tertiary/aromatic N) is 2. The molecule has 1 aromatic heterocycles. The fourth-order valence-corrected chi connectivity index (χ4v) is 1.82. The molecule has 0 aromatic carbocycles. The van der Waals surface area contributed by atoms with Crippen LogP contribution >= 0.6 is 0 Å². The number of ether oxygens (including phenoxy) is 1. The van der Waals surface area contributed by atoms with E-state index in [1.165, 1.54) is 12.3 Å². The van der Waals surface area contributed by atoms with Gasteiger partial charge in [0.25, 0.3) is 0 Å². The molecule has 0 saturated carbocycles. The van der Waals surface area contributed by atoms with E-state index in [9.17, 15) is 24.5 Å². The van der Waals surface area contributed by atoms with Crippen LogP contribution in [0, 0.1) is 0 Å². The van der Waals surface area contributed by atoms with E-state index in [1.807, 2.05) is 0 Å². The number of halogens is 1. The summed E-state index contributed by atoms with van der Waals surface area (Å²) in [5.74, 6) is -0.900. The zero-order valence-corrected chi connectivity index (χ0v) is 9.55. The first-order valence-corrected chi connectivity index (χ1v) is 5.31. The summed E-state index contributed by atoms with van der Waals surface area (Å²) in [6.45, 7) is 0. The van der Waals surface area contributed by atoms with Gasteiger partial charge in [-0.3, -0.25) is 4.57 Å². The van der Waals surface area contributed by atoms with Crippen LogP contribution in [0.15, 0.2) is 29.1 Å². The molecule has 0 spiro atoms. The highest BCUT2D eigenvalue weighted by molar-refractivity contribution is 5.23. The first-order chi connectivity index (χ1) is 8.95. The summed E-state index contributed by atoms with van der Waals surface area (Å²) in [5, 5.41) is 28.6. The Balaban J connectivity index is 2.34. The van der Waals surface area contributed by atoms with Gasteiger partial charge in [-0.05, 0) is 6.07 Å². The summed E-state index contributed by atoms with van der Waals surface area (Å²) in [4.78, 5) is 15.0. The van der Waals surface area contributed by atoms with Crippen molar-refractivity contribution < 1.29 is 24.4 Å². The van der Waals surface area contributed by atoms with Crippen LogP contribution in [0.5, 0.6) is 0 Å². The molecule has 1 fully saturated rings. The molecule has 0 amide bonds. The minimum atomic E-state index is -1.58. The number of aliphatic hydroxyl groups excluding tert-OH is 3. The average Bonchev–Trinajstić information content (AvgIpc) is 2.66. The van der Waals surface area contributed by atoms with E-state index < -0.39 is 36.0 Å². The zero-order chi connectivity index (χ0) is 14.2. The molecule has 9 heteroatoms. The Labute approximate surface area is 106 Å². The van der Waals surface area contributed by atoms with Gasteiger partial charge in [0.15, 0.2) is 12.0 Å². The first kappa shape index (κ1) is 13.5. The standard InChI is InChI=1S/C10H12FN3O5/c11-3-4(15)8-6(16)7(17)9(19-8)14-2-1-5(12)13-10(14)18/h1-3,6-9,15-17H,(H2,12,13,18)/b4-3-/t6-,7+,8+,9+/m0/s1. The summed E-state index contributed by atoms with van der Waals surface area (Å²) >= 11 is 0. The van der Waals surface area contributed by atoms with Gasteiger partial charge < -0.3 is 25.8 Å². The van der Waals surface area contributed by atoms with E-state index in [0.717, 1.165) is 4.57 Å². The fraction of sp³-hybridized carbons (Fsp3) is 0.400. The number of nitrogen functional groups attached to an aromatic ring is 1. The molecular formula is C10H12FN3O5. The second-order valence-corrected chi connectivity index (χ2v) is 4.00. The summed E-state index contributed by atoms with van der Waals surface area (Å²) in [6.07, 6.45) is -4.83. The molecule has 104 valence electrons. The fourth-order valence-electron chi connectivity index (χ4n) is 1.82. The van der Waals surface area contributed by atoms with Crippen LogP contribution in [0.4, 0.5) is 10.2 Å². The van der Waals surface area contributed by atoms with Gasteiger partial charge in [-0.2, -0.15) is 4.98 Å². The molecule has 8 nitrogen and oxygen atoms in total. The lowest BCUT2D eigenvalue weighted by atomic mass is 10.1. The number of hydrogen-bond acceptors (Lipinski definition) is 7. The Morgan fingerprint density at radius 2 is 2.21 bits per heavy atom. The molecule has 2 heterocycles. The zero-order valence-electron chi connectivity index (χ0n) is 9.55. The molecular weight excluding hydrogens is 261 g/mol. The molecule has 4 atom stereocenters. The molecule has 1 aromatic rings. The number of hydrogen-bond donors (Lipinski definition) is 4. The van der Waals surface area contributed by atoms with Gasteiger partial charge in [0.05, 0.1) is 0 Å². The number of rotatable bonds is 2. The molecule has 1 aliphatic heterocycles. The predicted molar refractivity (Wildman–Crippen MR) is 60.7 cm³/mol. The molecule has 0 bridgehead atoms. The van der Waals surface area contributed by atoms with E-state index in [1.54, 1.807) is 0 Å². The summed E-state index contributed by atoms with van der Waals surface area (Å²) in [7, 11) is 0. The lowest BCUT2D eigenvalue weighted by Crippen LogP contribution is -2.35. The third-order valence-corrected chi connectivity index (χ3v) is 2.77. The molecule has 1 aliphatic rings. The van der Waals surface area contributed by atoms with Crippen molar-refractivity contribution in [3.05, 3.63) is 34.8 Å². The van der Waals surface area contributed by atoms with Crippen LogP contribution in [-0.2, 0) is 4.74 Å². The summed E-state index contributed by atoms with van der Waals surface area (Å²) in [5.41, 5.74) is 4.50. The van der Waals surface area contributed by atoms with Crippen LogP contribution < -0.4 is 11.4 Å². The predicted octanol–water partition coefficient (Wildman–Crippen LogP) is -1.19. The number of aliphatic hydroxyl groups is 3. The second-order valence-electron chi connectivity index (χ2n) is 4.00. The highest BCUT2D eigenvalue weighted by atomic mass is 19.1. The van der Waals surface area contributed by atoms with Crippen LogP contribution in [0.1, 0.15) is 6.23 Å². The lowest BCUT2D eigenvalue weighted by molar-refractivity contribution is -0.0393. The molecule has 5 N–H and O–H groups in total. The van der Waals surface area contributed by atoms with E-state index in [2.05, 4.69) is 4.98 Å². The van der Waals surface area contributed by atoms with Crippen LogP contribution in [0.3, 0.4) is 0 Å². The van der Waals surface area contributed by atoms with Gasteiger partial charge in [-0.25, -0.2) is 9.18 Å². The summed E-state index contributed by atoms with van der Waals surface area (Å²) in [6, 6.07) is 1.29. The van der Waals surface area contributed by atoms with Gasteiger partial charge in [0.1, 0.15) is 30.5 Å². The molecule has 1 saturated heterocycles. The Hall–Kier alpha value is -1.97. The van der Waals surface area contributed by atoms with Crippen molar-refractivity contribution in [3.8, 4) is 0 Å². The van der Waals surface area contributed by atoms with Gasteiger partial charge in [0, 0.05) is 6.20 Å². The van der Waals surface area contributed by atoms with E-state index in [4.69, 9.17) is 10.5 Å². The van der Waals surface area contributed by atoms with Crippen molar-refractivity contribution in [1.29, 1.82) is 0 Å². The van der Waals surface area contributed by atoms with Crippen LogP contribution in [0.2, 0.25) is 0 Å². The van der Waals surface area contributed by atoms with Gasteiger partial charge in [0.2, 0.25) is 0 Å². The van der Waals surface area contributed by atoms with E-state index in [0.29, 0.717) is 0 Å². The molecule has 19 heavy (non-hydrogen) atoms. The van der Waals surface area contributed by atoms with Crippen molar-refractivity contribution in [2.45, 2.75) is 24.5 Å². The van der Waals surface area contributed by atoms with Crippen LogP contribution in [0.25, 0.3) is 0 Å². The highest BCUT2D eigenvalue weighted by Crippen LogP contribution is 2.31. The molecule has 2 rings (SSSR count). The maximum atomic E-state index is 12.2. The van der Waals surface area contributed by atoms with Crippen molar-refractivity contribution in [1.82, 2.24) is 9.55 Å². The van der Waals surface area contributed by atoms with Crippen molar-refractivity contribution >= 4 is 5.82 Å². The topological polar surface area (TPSA) is 131 Å². The number of anilines is 1. The summed E-state index contributed by atoms with van der Waals surface area (Å²) < 4.78 is 18.2. The first-order valence-electron chi connectivity index (χ1n) is 5.31. The van der Waals surface area contributed by atoms with Crippen molar-refractivity contribution in [3.63, 3.8) is 0 Å². The smallest absolute Gasteiger partial charge is 0.351 e. The largest absolute Gasteiger partial charge is 0.507 e. The normalized spacial score (nSPS) is 31.6. The van der Waals surface area contributed by atoms with E-state index in [-0.39, 0.29) is 12.1 Å². The number of aromatic nitrogens is 2. The quantitative estimate of drug-likeness (QED) is 0.498. The maximum Gasteiger partial charge on any atom is 0.351 e. The Bertz CT molecular complexity index is 560. The molecule has 0 aliphatic carbocycles. The molecule has 0 radical (unpaired) electrons. The van der Waals surface area contributed by atoms with Gasteiger partial charge in [-0.15, -0.1) is 0 Å². The Kier molecular flexibility index (Phi) is 3.51. The molecule has 0 unspecified atom stereocenters. The number of nitrogens with two attached hydrogens (primary N) is 1. The van der Waals surface area contributed by atoms with Crippen LogP contribution in [-0.4, -0.2) is 43.2 Å². The average molecular weight is 273 g/mol. The van der Waals surface area contributed by atoms with Gasteiger partial charge >= 0.3 is 5.69 Å². The SMILES string of the molecule is Nc1ccn([C@@H]2O[C@H](/C(O)=C/F)[C@@H](O)[C@H]2O)c(=O)n1. The minimum absolute atomic E-state index is 0.0164. The third-order valence-electron chi connectivity index (χ3n) is 2.77. The second kappa shape index (κ2) is 4.96. The van der Waals surface area contributed by atoms with E-state index >= 15 is 0 Å². The lowest BCUT2D eigenvalue weighted by Gasteiger charge is -2.16. The third kappa shape index (κ3) is 2.30.